The Morgan fingerprint density at radius 2 is 2.10 bits per heavy atom. The Hall–Kier alpha value is 1.32. The van der Waals surface area contributed by atoms with Crippen LogP contribution in [0, 0.1) is 5.92 Å². The summed E-state index contributed by atoms with van der Waals surface area (Å²) in [5.74, 6) is 3.01. The number of halogens is 2. The summed E-state index contributed by atoms with van der Waals surface area (Å²) in [5.41, 5.74) is 0. The maximum absolute atomic E-state index is 5.97. The van der Waals surface area contributed by atoms with E-state index in [0.29, 0.717) is 5.92 Å². The van der Waals surface area contributed by atoms with Gasteiger partial charge in [0, 0.05) is 6.61 Å². The van der Waals surface area contributed by atoms with Crippen LogP contribution in [0.15, 0.2) is 9.47 Å². The van der Waals surface area contributed by atoms with Gasteiger partial charge in [-0.2, -0.15) is 0 Å². The van der Waals surface area contributed by atoms with Crippen LogP contribution in [0.5, 0.6) is 0 Å². The zero-order valence-corrected chi connectivity index (χ0v) is 17.3. The summed E-state index contributed by atoms with van der Waals surface area (Å²) >= 11 is 11.2. The summed E-state index contributed by atoms with van der Waals surface area (Å²) in [4.78, 5) is 0. The number of thioether (sulfide) groups is 2. The molecule has 0 N–H and O–H groups in total. The molecule has 2 fully saturated rings. The van der Waals surface area contributed by atoms with Crippen molar-refractivity contribution in [2.24, 2.45) is 5.92 Å². The second-order valence-corrected chi connectivity index (χ2v) is 11.4. The molecule has 2 aliphatic rings. The Morgan fingerprint density at radius 3 is 2.71 bits per heavy atom. The topological polar surface area (TPSA) is 18.5 Å². The highest BCUT2D eigenvalue weighted by Gasteiger charge is 2.38. The van der Waals surface area contributed by atoms with E-state index >= 15 is 0 Å². The Balaban J connectivity index is 1.88. The van der Waals surface area contributed by atoms with Crippen LogP contribution in [0.2, 0.25) is 0 Å². The molecule has 2 rings (SSSR count). The molecule has 0 spiro atoms. The van der Waals surface area contributed by atoms with E-state index in [2.05, 4.69) is 68.4 Å². The average molecular weight is 460 g/mol. The van der Waals surface area contributed by atoms with Gasteiger partial charge in [-0.15, -0.1) is 23.5 Å². The standard InChI is InChI=1S/C15H24Br2O2S2/c1-12(11-13(16)17)15(20-9-4-10-21-15)6-8-19-14-5-2-3-7-18-14/h11-12,14H,2-10H2,1H3/t12-,14?/m1/s1. The van der Waals surface area contributed by atoms with Crippen molar-refractivity contribution >= 4 is 55.4 Å². The third-order valence-corrected chi connectivity index (χ3v) is 8.29. The lowest BCUT2D eigenvalue weighted by molar-refractivity contribution is -0.163. The van der Waals surface area contributed by atoms with Crippen molar-refractivity contribution in [2.75, 3.05) is 24.7 Å². The predicted octanol–water partition coefficient (Wildman–Crippen LogP) is 5.75. The van der Waals surface area contributed by atoms with Gasteiger partial charge in [-0.1, -0.05) is 13.0 Å². The van der Waals surface area contributed by atoms with Gasteiger partial charge < -0.3 is 9.47 Å². The second kappa shape index (κ2) is 9.58. The Labute approximate surface area is 153 Å². The van der Waals surface area contributed by atoms with Crippen LogP contribution in [0.25, 0.3) is 0 Å². The normalized spacial score (nSPS) is 27.1. The quantitative estimate of drug-likeness (QED) is 0.502. The van der Waals surface area contributed by atoms with E-state index < -0.39 is 0 Å². The molecule has 0 saturated carbocycles. The van der Waals surface area contributed by atoms with E-state index in [4.69, 9.17) is 9.47 Å². The first-order valence-electron chi connectivity index (χ1n) is 7.66. The molecule has 21 heavy (non-hydrogen) atoms. The van der Waals surface area contributed by atoms with Crippen LogP contribution < -0.4 is 0 Å². The first-order chi connectivity index (χ1) is 10.1. The minimum absolute atomic E-state index is 0.0307. The molecule has 2 nitrogen and oxygen atoms in total. The molecule has 0 bridgehead atoms. The van der Waals surface area contributed by atoms with Crippen molar-refractivity contribution < 1.29 is 9.47 Å². The zero-order valence-electron chi connectivity index (χ0n) is 12.5. The Bertz CT molecular complexity index is 337. The van der Waals surface area contributed by atoms with Gasteiger partial charge in [0.1, 0.15) is 0 Å². The van der Waals surface area contributed by atoms with Crippen LogP contribution in [-0.4, -0.2) is 35.1 Å². The van der Waals surface area contributed by atoms with Gasteiger partial charge >= 0.3 is 0 Å². The third-order valence-electron chi connectivity index (χ3n) is 3.94. The van der Waals surface area contributed by atoms with Crippen LogP contribution in [0.1, 0.15) is 39.0 Å². The lowest BCUT2D eigenvalue weighted by Crippen LogP contribution is -2.34. The van der Waals surface area contributed by atoms with E-state index in [-0.39, 0.29) is 10.4 Å². The summed E-state index contributed by atoms with van der Waals surface area (Å²) < 4.78 is 12.9. The van der Waals surface area contributed by atoms with Crippen LogP contribution in [0.3, 0.4) is 0 Å². The van der Waals surface area contributed by atoms with Gasteiger partial charge in [-0.25, -0.2) is 0 Å². The van der Waals surface area contributed by atoms with E-state index in [1.165, 1.54) is 30.8 Å². The summed E-state index contributed by atoms with van der Waals surface area (Å²) in [5, 5.41) is 0. The highest BCUT2D eigenvalue weighted by molar-refractivity contribution is 9.28. The maximum atomic E-state index is 5.97. The molecule has 2 atom stereocenters. The van der Waals surface area contributed by atoms with E-state index in [9.17, 15) is 0 Å². The number of allylic oxidation sites excluding steroid dienone is 1. The van der Waals surface area contributed by atoms with Crippen molar-refractivity contribution in [3.63, 3.8) is 0 Å². The van der Waals surface area contributed by atoms with E-state index in [1.54, 1.807) is 0 Å². The number of hydrogen-bond donors (Lipinski definition) is 0. The molecule has 2 saturated heterocycles. The van der Waals surface area contributed by atoms with Crippen molar-refractivity contribution in [3.8, 4) is 0 Å². The molecule has 0 aliphatic carbocycles. The molecule has 0 aromatic heterocycles. The molecule has 2 heterocycles. The predicted molar refractivity (Wildman–Crippen MR) is 102 cm³/mol. The van der Waals surface area contributed by atoms with Gasteiger partial charge in [0.25, 0.3) is 0 Å². The van der Waals surface area contributed by atoms with Crippen molar-refractivity contribution in [3.05, 3.63) is 9.47 Å². The summed E-state index contributed by atoms with van der Waals surface area (Å²) in [6.45, 7) is 3.96. The minimum Gasteiger partial charge on any atom is -0.353 e. The number of hydrogen-bond acceptors (Lipinski definition) is 4. The number of rotatable bonds is 6. The average Bonchev–Trinajstić information content (AvgIpc) is 2.48. The van der Waals surface area contributed by atoms with Crippen LogP contribution in [0.4, 0.5) is 0 Å². The smallest absolute Gasteiger partial charge is 0.157 e. The van der Waals surface area contributed by atoms with Crippen molar-refractivity contribution in [1.82, 2.24) is 0 Å². The van der Waals surface area contributed by atoms with Gasteiger partial charge in [-0.3, -0.25) is 0 Å². The largest absolute Gasteiger partial charge is 0.353 e. The van der Waals surface area contributed by atoms with E-state index in [1.807, 2.05) is 0 Å². The molecule has 1 unspecified atom stereocenters. The fourth-order valence-electron chi connectivity index (χ4n) is 2.72. The minimum atomic E-state index is 0.0307. The van der Waals surface area contributed by atoms with Gasteiger partial charge in [0.15, 0.2) is 6.29 Å². The van der Waals surface area contributed by atoms with Crippen molar-refractivity contribution in [2.45, 2.75) is 49.4 Å². The molecule has 0 radical (unpaired) electrons. The Morgan fingerprint density at radius 1 is 1.33 bits per heavy atom. The monoisotopic (exact) mass is 458 g/mol. The molecule has 2 aliphatic heterocycles. The molecular weight excluding hydrogens is 436 g/mol. The summed E-state index contributed by atoms with van der Waals surface area (Å²) in [7, 11) is 0. The fraction of sp³-hybridized carbons (Fsp3) is 0.867. The summed E-state index contributed by atoms with van der Waals surface area (Å²) in [6, 6.07) is 0. The first-order valence-corrected chi connectivity index (χ1v) is 11.2. The number of ether oxygens (including phenoxy) is 2. The summed E-state index contributed by atoms with van der Waals surface area (Å²) in [6.07, 6.45) is 8.15. The molecule has 0 aromatic rings. The lowest BCUT2D eigenvalue weighted by atomic mass is 10.0. The fourth-order valence-corrected chi connectivity index (χ4v) is 6.91. The SMILES string of the molecule is C[C@H](C=C(Br)Br)C1(CCOC2CCCCO2)SCCCS1. The Kier molecular flexibility index (Phi) is 8.51. The van der Waals surface area contributed by atoms with Crippen LogP contribution >= 0.6 is 55.4 Å². The highest BCUT2D eigenvalue weighted by Crippen LogP contribution is 2.51. The van der Waals surface area contributed by atoms with Crippen LogP contribution in [-0.2, 0) is 9.47 Å². The van der Waals surface area contributed by atoms with Gasteiger partial charge in [0.2, 0.25) is 0 Å². The zero-order chi connectivity index (χ0) is 15.1. The van der Waals surface area contributed by atoms with Crippen molar-refractivity contribution in [1.29, 1.82) is 0 Å². The molecule has 6 heteroatoms. The maximum Gasteiger partial charge on any atom is 0.157 e. The molecule has 0 aromatic carbocycles. The lowest BCUT2D eigenvalue weighted by Gasteiger charge is -2.40. The second-order valence-electron chi connectivity index (χ2n) is 5.52. The molecular formula is C15H24Br2O2S2. The molecule has 122 valence electrons. The first kappa shape index (κ1) is 18.7. The highest BCUT2D eigenvalue weighted by atomic mass is 79.9. The third kappa shape index (κ3) is 6.03. The van der Waals surface area contributed by atoms with Gasteiger partial charge in [-0.05, 0) is 81.4 Å². The van der Waals surface area contributed by atoms with E-state index in [0.717, 1.165) is 29.4 Å². The van der Waals surface area contributed by atoms with Gasteiger partial charge in [0.05, 0.1) is 14.1 Å². The molecule has 0 amide bonds.